The van der Waals surface area contributed by atoms with Crippen LogP contribution < -0.4 is 4.90 Å². The van der Waals surface area contributed by atoms with Crippen molar-refractivity contribution in [1.82, 2.24) is 9.80 Å². The minimum atomic E-state index is -0.149. The average Bonchev–Trinajstić information content (AvgIpc) is 2.85. The van der Waals surface area contributed by atoms with Gasteiger partial charge in [-0.15, -0.1) is 24.8 Å². The largest absolute Gasteiger partial charge is 0.372 e. The van der Waals surface area contributed by atoms with Gasteiger partial charge >= 0.3 is 0 Å². The Labute approximate surface area is 225 Å². The number of benzene rings is 2. The molecule has 3 nitrogen and oxygen atoms in total. The third-order valence-electron chi connectivity index (χ3n) is 7.49. The Bertz CT molecular complexity index is 800. The van der Waals surface area contributed by atoms with E-state index < -0.39 is 0 Å². The van der Waals surface area contributed by atoms with Gasteiger partial charge in [0.1, 0.15) is 5.82 Å². The maximum atomic E-state index is 13.4. The Kier molecular flexibility index (Phi) is 14.9. The number of rotatable bonds is 12. The molecule has 1 aliphatic rings. The number of hydrogen-bond donors (Lipinski definition) is 0. The monoisotopic (exact) mass is 525 g/mol. The summed E-state index contributed by atoms with van der Waals surface area (Å²) < 4.78 is 13.4. The molecule has 35 heavy (non-hydrogen) atoms. The van der Waals surface area contributed by atoms with Gasteiger partial charge in [-0.1, -0.05) is 51.0 Å². The second kappa shape index (κ2) is 16.4. The fourth-order valence-electron chi connectivity index (χ4n) is 5.15. The molecule has 198 valence electrons. The lowest BCUT2D eigenvalue weighted by Crippen LogP contribution is -2.45. The van der Waals surface area contributed by atoms with Crippen molar-refractivity contribution in [1.29, 1.82) is 0 Å². The summed E-state index contributed by atoms with van der Waals surface area (Å²) in [5.41, 5.74) is 3.95. The summed E-state index contributed by atoms with van der Waals surface area (Å²) in [7, 11) is 0. The Hall–Kier alpha value is -1.33. The Balaban J connectivity index is 0.00000306. The second-order valence-corrected chi connectivity index (χ2v) is 9.58. The molecule has 1 saturated heterocycles. The first-order valence-corrected chi connectivity index (χ1v) is 13.1. The van der Waals surface area contributed by atoms with Crippen molar-refractivity contribution >= 4 is 30.5 Å². The van der Waals surface area contributed by atoms with Crippen molar-refractivity contribution in [3.05, 3.63) is 65.5 Å². The SMILES string of the molecule is CCC(CC)CN(Cc1ccc(F)cc1)C1CCN(Cc2ccc(N(CC)CC)cc2)CC1.Cl.Cl. The molecule has 3 rings (SSSR count). The molecule has 0 N–H and O–H groups in total. The quantitative estimate of drug-likeness (QED) is 0.285. The highest BCUT2D eigenvalue weighted by atomic mass is 35.5. The molecule has 0 aromatic heterocycles. The van der Waals surface area contributed by atoms with Gasteiger partial charge in [0.15, 0.2) is 0 Å². The first-order chi connectivity index (χ1) is 16.1. The summed E-state index contributed by atoms with van der Waals surface area (Å²) in [5, 5.41) is 0. The van der Waals surface area contributed by atoms with Gasteiger partial charge in [0.05, 0.1) is 0 Å². The van der Waals surface area contributed by atoms with Gasteiger partial charge in [0.2, 0.25) is 0 Å². The first kappa shape index (κ1) is 31.7. The topological polar surface area (TPSA) is 9.72 Å². The Morgan fingerprint density at radius 2 is 1.37 bits per heavy atom. The number of hydrogen-bond acceptors (Lipinski definition) is 3. The van der Waals surface area contributed by atoms with Crippen LogP contribution in [-0.4, -0.2) is 48.6 Å². The predicted molar refractivity (Wildman–Crippen MR) is 154 cm³/mol. The molecule has 0 unspecified atom stereocenters. The van der Waals surface area contributed by atoms with E-state index in [1.54, 1.807) is 12.1 Å². The van der Waals surface area contributed by atoms with E-state index in [1.807, 2.05) is 12.1 Å². The van der Waals surface area contributed by atoms with Gasteiger partial charge in [-0.2, -0.15) is 0 Å². The third-order valence-corrected chi connectivity index (χ3v) is 7.49. The summed E-state index contributed by atoms with van der Waals surface area (Å²) in [6, 6.07) is 16.8. The highest BCUT2D eigenvalue weighted by Gasteiger charge is 2.26. The van der Waals surface area contributed by atoms with Crippen LogP contribution in [0.1, 0.15) is 64.5 Å². The van der Waals surface area contributed by atoms with Gasteiger partial charge in [-0.25, -0.2) is 4.39 Å². The van der Waals surface area contributed by atoms with E-state index >= 15 is 0 Å². The van der Waals surface area contributed by atoms with Gasteiger partial charge in [0, 0.05) is 44.5 Å². The van der Waals surface area contributed by atoms with Crippen LogP contribution in [0.4, 0.5) is 10.1 Å². The van der Waals surface area contributed by atoms with Gasteiger partial charge in [0.25, 0.3) is 0 Å². The molecular weight excluding hydrogens is 480 g/mol. The number of nitrogens with zero attached hydrogens (tertiary/aromatic N) is 3. The van der Waals surface area contributed by atoms with Crippen LogP contribution in [0.15, 0.2) is 48.5 Å². The normalized spacial score (nSPS) is 14.6. The highest BCUT2D eigenvalue weighted by Crippen LogP contribution is 2.24. The number of piperidine rings is 1. The Morgan fingerprint density at radius 3 is 1.89 bits per heavy atom. The van der Waals surface area contributed by atoms with Crippen molar-refractivity contribution in [2.75, 3.05) is 37.6 Å². The smallest absolute Gasteiger partial charge is 0.123 e. The highest BCUT2D eigenvalue weighted by molar-refractivity contribution is 5.85. The van der Waals surface area contributed by atoms with E-state index in [0.717, 1.165) is 51.7 Å². The molecule has 0 amide bonds. The van der Waals surface area contributed by atoms with Crippen LogP contribution in [0, 0.1) is 11.7 Å². The number of anilines is 1. The summed E-state index contributed by atoms with van der Waals surface area (Å²) in [5.74, 6) is 0.580. The number of likely N-dealkylation sites (tertiary alicyclic amines) is 1. The third kappa shape index (κ3) is 9.57. The molecule has 6 heteroatoms. The van der Waals surface area contributed by atoms with Crippen LogP contribution in [0.2, 0.25) is 0 Å². The molecule has 0 saturated carbocycles. The molecule has 0 bridgehead atoms. The van der Waals surface area contributed by atoms with E-state index in [0.29, 0.717) is 6.04 Å². The fraction of sp³-hybridized carbons (Fsp3) is 0.586. The lowest BCUT2D eigenvalue weighted by molar-refractivity contribution is 0.0841. The van der Waals surface area contributed by atoms with Crippen LogP contribution in [0.25, 0.3) is 0 Å². The fourth-order valence-corrected chi connectivity index (χ4v) is 5.15. The lowest BCUT2D eigenvalue weighted by atomic mass is 9.97. The minimum absolute atomic E-state index is 0. The summed E-state index contributed by atoms with van der Waals surface area (Å²) >= 11 is 0. The minimum Gasteiger partial charge on any atom is -0.372 e. The average molecular weight is 527 g/mol. The molecule has 0 atom stereocenters. The van der Waals surface area contributed by atoms with Gasteiger partial charge < -0.3 is 4.90 Å². The summed E-state index contributed by atoms with van der Waals surface area (Å²) in [6.07, 6.45) is 4.86. The van der Waals surface area contributed by atoms with Crippen molar-refractivity contribution in [3.63, 3.8) is 0 Å². The van der Waals surface area contributed by atoms with E-state index in [-0.39, 0.29) is 30.6 Å². The molecule has 1 fully saturated rings. The van der Waals surface area contributed by atoms with E-state index in [1.165, 1.54) is 42.5 Å². The van der Waals surface area contributed by atoms with E-state index in [4.69, 9.17) is 0 Å². The van der Waals surface area contributed by atoms with Crippen molar-refractivity contribution < 1.29 is 4.39 Å². The molecule has 1 aliphatic heterocycles. The molecule has 0 spiro atoms. The zero-order valence-electron chi connectivity index (χ0n) is 22.1. The van der Waals surface area contributed by atoms with E-state index in [9.17, 15) is 4.39 Å². The summed E-state index contributed by atoms with van der Waals surface area (Å²) in [6.45, 7) is 16.5. The second-order valence-electron chi connectivity index (χ2n) is 9.58. The van der Waals surface area contributed by atoms with Crippen molar-refractivity contribution in [3.8, 4) is 0 Å². The molecule has 2 aromatic rings. The zero-order valence-corrected chi connectivity index (χ0v) is 23.7. The first-order valence-electron chi connectivity index (χ1n) is 13.1. The van der Waals surface area contributed by atoms with Crippen molar-refractivity contribution in [2.45, 2.75) is 72.5 Å². The molecule has 0 aliphatic carbocycles. The van der Waals surface area contributed by atoms with Crippen LogP contribution in [0.3, 0.4) is 0 Å². The molecule has 2 aromatic carbocycles. The van der Waals surface area contributed by atoms with Crippen LogP contribution >= 0.6 is 24.8 Å². The van der Waals surface area contributed by atoms with E-state index in [2.05, 4.69) is 66.7 Å². The zero-order chi connectivity index (χ0) is 23.6. The Morgan fingerprint density at radius 1 is 0.829 bits per heavy atom. The molecule has 0 radical (unpaired) electrons. The standard InChI is InChI=1S/C29H44FN3.2ClH/c1-5-24(6-2)22-33(23-26-9-13-27(30)14-10-26)29-17-19-31(20-18-29)21-25-11-15-28(16-12-25)32(7-3)8-4;;/h9-16,24,29H,5-8,17-23H2,1-4H3;2*1H. The lowest BCUT2D eigenvalue weighted by Gasteiger charge is -2.40. The van der Waals surface area contributed by atoms with Crippen LogP contribution in [0.5, 0.6) is 0 Å². The molecular formula is C29H46Cl2FN3. The maximum Gasteiger partial charge on any atom is 0.123 e. The van der Waals surface area contributed by atoms with Crippen LogP contribution in [-0.2, 0) is 13.1 Å². The van der Waals surface area contributed by atoms with Gasteiger partial charge in [-0.3, -0.25) is 9.80 Å². The van der Waals surface area contributed by atoms with Gasteiger partial charge in [-0.05, 0) is 81.1 Å². The van der Waals surface area contributed by atoms with Crippen molar-refractivity contribution in [2.24, 2.45) is 5.92 Å². The number of halogens is 3. The predicted octanol–water partition coefficient (Wildman–Crippen LogP) is 7.42. The summed E-state index contributed by atoms with van der Waals surface area (Å²) in [4.78, 5) is 7.68. The molecule has 1 heterocycles. The maximum absolute atomic E-state index is 13.4.